The Morgan fingerprint density at radius 3 is 2.62 bits per heavy atom. The van der Waals surface area contributed by atoms with Crippen molar-refractivity contribution in [1.82, 2.24) is 9.97 Å². The maximum absolute atomic E-state index is 11.8. The summed E-state index contributed by atoms with van der Waals surface area (Å²) in [4.78, 5) is 19.7. The number of nitrogens with two attached hydrogens (primary N) is 1. The molecule has 0 saturated carbocycles. The Kier molecular flexibility index (Phi) is 2.91. The summed E-state index contributed by atoms with van der Waals surface area (Å²) in [6, 6.07) is 8.80. The molecule has 0 aliphatic rings. The van der Waals surface area contributed by atoms with Gasteiger partial charge in [-0.1, -0.05) is 12.1 Å². The predicted molar refractivity (Wildman–Crippen MR) is 60.9 cm³/mol. The minimum Gasteiger partial charge on any atom is -0.383 e. The molecule has 2 aromatic heterocycles. The molecular weight excluding hydrogens is 202 g/mol. The quantitative estimate of drug-likeness (QED) is 0.784. The Bertz CT molecular complexity index is 497. The van der Waals surface area contributed by atoms with Gasteiger partial charge in [-0.25, -0.2) is 4.98 Å². The van der Waals surface area contributed by atoms with E-state index in [4.69, 9.17) is 5.73 Å². The summed E-state index contributed by atoms with van der Waals surface area (Å²) in [6.07, 6.45) is 3.43. The second-order valence-corrected chi connectivity index (χ2v) is 3.36. The van der Waals surface area contributed by atoms with Gasteiger partial charge in [-0.05, 0) is 18.2 Å². The van der Waals surface area contributed by atoms with E-state index in [0.29, 0.717) is 11.5 Å². The van der Waals surface area contributed by atoms with Gasteiger partial charge in [0.15, 0.2) is 5.78 Å². The third-order valence-corrected chi connectivity index (χ3v) is 2.23. The van der Waals surface area contributed by atoms with Crippen molar-refractivity contribution in [2.24, 2.45) is 0 Å². The first-order valence-corrected chi connectivity index (χ1v) is 4.91. The fraction of sp³-hybridized carbons (Fsp3) is 0.0833. The first-order valence-electron chi connectivity index (χ1n) is 4.91. The number of ketones is 1. The van der Waals surface area contributed by atoms with Gasteiger partial charge in [-0.15, -0.1) is 0 Å². The van der Waals surface area contributed by atoms with Gasteiger partial charge >= 0.3 is 0 Å². The zero-order chi connectivity index (χ0) is 11.4. The number of hydrogen-bond donors (Lipinski definition) is 1. The highest BCUT2D eigenvalue weighted by Crippen LogP contribution is 2.10. The van der Waals surface area contributed by atoms with Crippen LogP contribution >= 0.6 is 0 Å². The standard InChI is InChI=1S/C12H11N3O/c13-12-9(4-3-7-15-12)8-11(16)10-5-1-2-6-14-10/h1-7H,8H2,(H2,13,15). The molecule has 0 unspecified atom stereocenters. The molecule has 0 fully saturated rings. The molecule has 2 heterocycles. The molecule has 0 saturated heterocycles. The van der Waals surface area contributed by atoms with Crippen LogP contribution in [0, 0.1) is 0 Å². The van der Waals surface area contributed by atoms with Crippen LogP contribution in [-0.2, 0) is 6.42 Å². The smallest absolute Gasteiger partial charge is 0.185 e. The fourth-order valence-electron chi connectivity index (χ4n) is 1.39. The van der Waals surface area contributed by atoms with E-state index in [9.17, 15) is 4.79 Å². The Hall–Kier alpha value is -2.23. The average Bonchev–Trinajstić information content (AvgIpc) is 2.33. The van der Waals surface area contributed by atoms with Gasteiger partial charge in [0.25, 0.3) is 0 Å². The van der Waals surface area contributed by atoms with E-state index >= 15 is 0 Å². The first-order chi connectivity index (χ1) is 7.77. The van der Waals surface area contributed by atoms with Crippen molar-refractivity contribution in [3.05, 3.63) is 54.0 Å². The molecule has 4 heteroatoms. The van der Waals surface area contributed by atoms with Gasteiger partial charge in [-0.2, -0.15) is 0 Å². The molecule has 0 amide bonds. The lowest BCUT2D eigenvalue weighted by atomic mass is 10.1. The molecule has 2 aromatic rings. The van der Waals surface area contributed by atoms with Crippen LogP contribution in [0.2, 0.25) is 0 Å². The molecule has 0 spiro atoms. The van der Waals surface area contributed by atoms with Crippen LogP contribution in [-0.4, -0.2) is 15.8 Å². The van der Waals surface area contributed by atoms with E-state index in [2.05, 4.69) is 9.97 Å². The summed E-state index contributed by atoms with van der Waals surface area (Å²) in [5.41, 5.74) is 6.85. The fourth-order valence-corrected chi connectivity index (χ4v) is 1.39. The normalized spacial score (nSPS) is 10.0. The summed E-state index contributed by atoms with van der Waals surface area (Å²) >= 11 is 0. The molecule has 0 aromatic carbocycles. The third kappa shape index (κ3) is 2.23. The molecule has 16 heavy (non-hydrogen) atoms. The maximum atomic E-state index is 11.8. The lowest BCUT2D eigenvalue weighted by molar-refractivity contribution is 0.0988. The number of nitrogens with zero attached hydrogens (tertiary/aromatic N) is 2. The Labute approximate surface area is 93.2 Å². The number of carbonyl (C=O) groups is 1. The van der Waals surface area contributed by atoms with Gasteiger partial charge in [0.1, 0.15) is 11.5 Å². The maximum Gasteiger partial charge on any atom is 0.185 e. The zero-order valence-corrected chi connectivity index (χ0v) is 8.63. The molecule has 80 valence electrons. The molecule has 0 aliphatic heterocycles. The molecule has 0 bridgehead atoms. The largest absolute Gasteiger partial charge is 0.383 e. The Morgan fingerprint density at radius 2 is 1.94 bits per heavy atom. The van der Waals surface area contributed by atoms with Crippen molar-refractivity contribution in [2.45, 2.75) is 6.42 Å². The summed E-state index contributed by atoms with van der Waals surface area (Å²) in [7, 11) is 0. The third-order valence-electron chi connectivity index (χ3n) is 2.23. The number of anilines is 1. The Balaban J connectivity index is 2.18. The van der Waals surface area contributed by atoms with Gasteiger partial charge in [-0.3, -0.25) is 9.78 Å². The topological polar surface area (TPSA) is 68.9 Å². The lowest BCUT2D eigenvalue weighted by Gasteiger charge is -2.02. The number of aromatic nitrogens is 2. The summed E-state index contributed by atoms with van der Waals surface area (Å²) < 4.78 is 0. The van der Waals surface area contributed by atoms with E-state index in [1.54, 1.807) is 42.7 Å². The summed E-state index contributed by atoms with van der Waals surface area (Å²) in [5, 5.41) is 0. The summed E-state index contributed by atoms with van der Waals surface area (Å²) in [6.45, 7) is 0. The molecule has 0 aliphatic carbocycles. The van der Waals surface area contributed by atoms with Gasteiger partial charge in [0.2, 0.25) is 0 Å². The number of Topliss-reactive ketones (excluding diaryl/α,β-unsaturated/α-hetero) is 1. The summed E-state index contributed by atoms with van der Waals surface area (Å²) in [5.74, 6) is 0.340. The number of rotatable bonds is 3. The molecular formula is C12H11N3O. The van der Waals surface area contributed by atoms with Crippen molar-refractivity contribution in [3.8, 4) is 0 Å². The van der Waals surface area contributed by atoms with Crippen molar-refractivity contribution in [3.63, 3.8) is 0 Å². The van der Waals surface area contributed by atoms with Crippen LogP contribution in [0.5, 0.6) is 0 Å². The molecule has 2 N–H and O–H groups in total. The highest BCUT2D eigenvalue weighted by Gasteiger charge is 2.09. The van der Waals surface area contributed by atoms with E-state index in [1.807, 2.05) is 0 Å². The van der Waals surface area contributed by atoms with Crippen molar-refractivity contribution >= 4 is 11.6 Å². The molecule has 4 nitrogen and oxygen atoms in total. The zero-order valence-electron chi connectivity index (χ0n) is 8.63. The Morgan fingerprint density at radius 1 is 1.12 bits per heavy atom. The van der Waals surface area contributed by atoms with Crippen LogP contribution in [0.3, 0.4) is 0 Å². The number of pyridine rings is 2. The van der Waals surface area contributed by atoms with E-state index in [1.165, 1.54) is 0 Å². The average molecular weight is 213 g/mol. The predicted octanol–water partition coefficient (Wildman–Crippen LogP) is 1.48. The van der Waals surface area contributed by atoms with Crippen molar-refractivity contribution < 1.29 is 4.79 Å². The van der Waals surface area contributed by atoms with E-state index in [-0.39, 0.29) is 12.2 Å². The lowest BCUT2D eigenvalue weighted by Crippen LogP contribution is -2.08. The van der Waals surface area contributed by atoms with Crippen LogP contribution in [0.15, 0.2) is 42.7 Å². The highest BCUT2D eigenvalue weighted by molar-refractivity contribution is 5.96. The molecule has 2 rings (SSSR count). The van der Waals surface area contributed by atoms with Crippen LogP contribution in [0.1, 0.15) is 16.1 Å². The van der Waals surface area contributed by atoms with Crippen LogP contribution < -0.4 is 5.73 Å². The minimum absolute atomic E-state index is 0.0553. The van der Waals surface area contributed by atoms with Gasteiger partial charge in [0.05, 0.1) is 0 Å². The van der Waals surface area contributed by atoms with Crippen LogP contribution in [0.25, 0.3) is 0 Å². The minimum atomic E-state index is -0.0553. The van der Waals surface area contributed by atoms with Crippen LogP contribution in [0.4, 0.5) is 5.82 Å². The molecule has 0 radical (unpaired) electrons. The highest BCUT2D eigenvalue weighted by atomic mass is 16.1. The first kappa shape index (κ1) is 10.3. The second kappa shape index (κ2) is 4.53. The number of nitrogen functional groups attached to an aromatic ring is 1. The molecule has 0 atom stereocenters. The SMILES string of the molecule is Nc1ncccc1CC(=O)c1ccccn1. The van der Waals surface area contributed by atoms with Crippen molar-refractivity contribution in [1.29, 1.82) is 0 Å². The van der Waals surface area contributed by atoms with E-state index < -0.39 is 0 Å². The van der Waals surface area contributed by atoms with Crippen molar-refractivity contribution in [2.75, 3.05) is 5.73 Å². The van der Waals surface area contributed by atoms with Gasteiger partial charge < -0.3 is 5.73 Å². The second-order valence-electron chi connectivity index (χ2n) is 3.36. The number of hydrogen-bond acceptors (Lipinski definition) is 4. The van der Waals surface area contributed by atoms with Gasteiger partial charge in [0, 0.05) is 24.4 Å². The van der Waals surface area contributed by atoms with E-state index in [0.717, 1.165) is 5.56 Å². The monoisotopic (exact) mass is 213 g/mol. The number of carbonyl (C=O) groups excluding carboxylic acids is 1.